The lowest BCUT2D eigenvalue weighted by molar-refractivity contribution is -0.0381. The van der Waals surface area contributed by atoms with Crippen LogP contribution in [0.15, 0.2) is 48.5 Å². The second-order valence-electron chi connectivity index (χ2n) is 5.86. The van der Waals surface area contributed by atoms with Gasteiger partial charge in [0.2, 0.25) is 0 Å². The zero-order valence-corrected chi connectivity index (χ0v) is 12.5. The molecule has 0 saturated carbocycles. The van der Waals surface area contributed by atoms with Gasteiger partial charge in [-0.15, -0.1) is 0 Å². The van der Waals surface area contributed by atoms with Gasteiger partial charge in [0.15, 0.2) is 0 Å². The van der Waals surface area contributed by atoms with Crippen LogP contribution < -0.4 is 5.32 Å². The van der Waals surface area contributed by atoms with Crippen LogP contribution >= 0.6 is 11.6 Å². The van der Waals surface area contributed by atoms with Gasteiger partial charge < -0.3 is 10.1 Å². The second-order valence-corrected chi connectivity index (χ2v) is 6.29. The van der Waals surface area contributed by atoms with Crippen molar-refractivity contribution in [2.45, 2.75) is 25.0 Å². The Morgan fingerprint density at radius 2 is 1.86 bits per heavy atom. The molecule has 0 unspecified atom stereocenters. The van der Waals surface area contributed by atoms with Gasteiger partial charge in [0.1, 0.15) is 0 Å². The smallest absolute Gasteiger partial charge is 0.0895 e. The minimum Gasteiger partial charge on any atom is -0.378 e. The summed E-state index contributed by atoms with van der Waals surface area (Å²) in [7, 11) is 0. The van der Waals surface area contributed by atoms with Gasteiger partial charge in [-0.1, -0.05) is 41.9 Å². The number of halogens is 1. The van der Waals surface area contributed by atoms with Crippen molar-refractivity contribution in [2.75, 3.05) is 11.9 Å². The van der Waals surface area contributed by atoms with Crippen molar-refractivity contribution >= 4 is 17.3 Å². The maximum absolute atomic E-state index is 6.12. The third-order valence-electron chi connectivity index (χ3n) is 4.60. The third-order valence-corrected chi connectivity index (χ3v) is 4.86. The normalized spacial score (nSPS) is 27.4. The standard InChI is InChI=1S/C18H18ClNO/c19-13-9-7-12(8-10-13)17-15-5-3-11-21-18(15)14-4-1-2-6-16(14)20-17/h1-2,4,6-10,15,17-18,20H,3,5,11H2/t15-,17+,18-/m1/s1. The van der Waals surface area contributed by atoms with Crippen molar-refractivity contribution in [3.63, 3.8) is 0 Å². The summed E-state index contributed by atoms with van der Waals surface area (Å²) >= 11 is 6.02. The second kappa shape index (κ2) is 5.36. The Morgan fingerprint density at radius 3 is 2.71 bits per heavy atom. The zero-order valence-electron chi connectivity index (χ0n) is 11.8. The molecule has 1 saturated heterocycles. The molecule has 0 aliphatic carbocycles. The van der Waals surface area contributed by atoms with E-state index in [0.29, 0.717) is 12.0 Å². The summed E-state index contributed by atoms with van der Waals surface area (Å²) in [5, 5.41) is 4.49. The number of hydrogen-bond donors (Lipinski definition) is 1. The van der Waals surface area contributed by atoms with Crippen molar-refractivity contribution in [1.82, 2.24) is 0 Å². The van der Waals surface area contributed by atoms with Crippen LogP contribution in [0.4, 0.5) is 5.69 Å². The molecule has 3 heteroatoms. The first-order valence-corrected chi connectivity index (χ1v) is 7.93. The number of para-hydroxylation sites is 1. The number of hydrogen-bond acceptors (Lipinski definition) is 2. The Labute approximate surface area is 130 Å². The Bertz CT molecular complexity index is 640. The van der Waals surface area contributed by atoms with Crippen molar-refractivity contribution in [3.05, 3.63) is 64.7 Å². The predicted molar refractivity (Wildman–Crippen MR) is 85.7 cm³/mol. The Kier molecular flexibility index (Phi) is 3.36. The number of anilines is 1. The topological polar surface area (TPSA) is 21.3 Å². The molecule has 2 heterocycles. The lowest BCUT2D eigenvalue weighted by atomic mass is 9.77. The van der Waals surface area contributed by atoms with E-state index in [2.05, 4.69) is 41.7 Å². The Hall–Kier alpha value is -1.51. The van der Waals surface area contributed by atoms with E-state index in [1.54, 1.807) is 0 Å². The minimum atomic E-state index is 0.205. The van der Waals surface area contributed by atoms with Crippen LogP contribution in [0.5, 0.6) is 0 Å². The van der Waals surface area contributed by atoms with E-state index in [-0.39, 0.29) is 6.10 Å². The van der Waals surface area contributed by atoms with Crippen molar-refractivity contribution in [1.29, 1.82) is 0 Å². The highest BCUT2D eigenvalue weighted by molar-refractivity contribution is 6.30. The van der Waals surface area contributed by atoms with E-state index in [0.717, 1.165) is 18.1 Å². The first kappa shape index (κ1) is 13.2. The molecule has 0 bridgehead atoms. The van der Waals surface area contributed by atoms with E-state index in [1.807, 2.05) is 12.1 Å². The lowest BCUT2D eigenvalue weighted by Gasteiger charge is -2.43. The number of fused-ring (bicyclic) bond motifs is 3. The lowest BCUT2D eigenvalue weighted by Crippen LogP contribution is -2.35. The molecule has 1 N–H and O–H groups in total. The van der Waals surface area contributed by atoms with Gasteiger partial charge >= 0.3 is 0 Å². The molecule has 2 aliphatic rings. The van der Waals surface area contributed by atoms with Crippen LogP contribution in [0, 0.1) is 5.92 Å². The largest absolute Gasteiger partial charge is 0.378 e. The maximum atomic E-state index is 6.12. The highest BCUT2D eigenvalue weighted by Gasteiger charge is 2.39. The van der Waals surface area contributed by atoms with Crippen LogP contribution in [-0.2, 0) is 4.74 Å². The van der Waals surface area contributed by atoms with E-state index >= 15 is 0 Å². The predicted octanol–water partition coefficient (Wildman–Crippen LogP) is 4.97. The van der Waals surface area contributed by atoms with Crippen molar-refractivity contribution in [3.8, 4) is 0 Å². The highest BCUT2D eigenvalue weighted by atomic mass is 35.5. The molecule has 2 aromatic rings. The molecular formula is C18H18ClNO. The minimum absolute atomic E-state index is 0.205. The summed E-state index contributed by atoms with van der Waals surface area (Å²) in [5.41, 5.74) is 3.78. The molecule has 108 valence electrons. The molecule has 0 amide bonds. The number of ether oxygens (including phenoxy) is 1. The van der Waals surface area contributed by atoms with Crippen molar-refractivity contribution in [2.24, 2.45) is 5.92 Å². The van der Waals surface area contributed by atoms with Gasteiger partial charge in [-0.2, -0.15) is 0 Å². The van der Waals surface area contributed by atoms with E-state index in [9.17, 15) is 0 Å². The third kappa shape index (κ3) is 2.33. The van der Waals surface area contributed by atoms with Crippen LogP contribution in [0.1, 0.15) is 36.1 Å². The molecule has 1 fully saturated rings. The Balaban J connectivity index is 1.76. The molecule has 2 aromatic carbocycles. The average molecular weight is 300 g/mol. The monoisotopic (exact) mass is 299 g/mol. The fraction of sp³-hybridized carbons (Fsp3) is 0.333. The molecule has 3 atom stereocenters. The Morgan fingerprint density at radius 1 is 1.05 bits per heavy atom. The molecule has 0 radical (unpaired) electrons. The molecule has 2 aliphatic heterocycles. The van der Waals surface area contributed by atoms with Gasteiger partial charge in [-0.25, -0.2) is 0 Å². The first-order chi connectivity index (χ1) is 10.3. The maximum Gasteiger partial charge on any atom is 0.0895 e. The molecule has 4 rings (SSSR count). The fourth-order valence-electron chi connectivity index (χ4n) is 3.62. The van der Waals surface area contributed by atoms with Crippen molar-refractivity contribution < 1.29 is 4.74 Å². The highest BCUT2D eigenvalue weighted by Crippen LogP contribution is 2.48. The summed E-state index contributed by atoms with van der Waals surface area (Å²) in [6.45, 7) is 0.864. The molecule has 2 nitrogen and oxygen atoms in total. The summed E-state index contributed by atoms with van der Waals surface area (Å²) in [6.07, 6.45) is 2.53. The van der Waals surface area contributed by atoms with Crippen LogP contribution in [-0.4, -0.2) is 6.61 Å². The molecule has 21 heavy (non-hydrogen) atoms. The van der Waals surface area contributed by atoms with E-state index in [1.165, 1.54) is 23.2 Å². The van der Waals surface area contributed by atoms with Gasteiger partial charge in [-0.3, -0.25) is 0 Å². The van der Waals surface area contributed by atoms with Crippen LogP contribution in [0.3, 0.4) is 0 Å². The quantitative estimate of drug-likeness (QED) is 0.802. The number of rotatable bonds is 1. The van der Waals surface area contributed by atoms with Crippen LogP contribution in [0.2, 0.25) is 5.02 Å². The van der Waals surface area contributed by atoms with Gasteiger partial charge in [0, 0.05) is 28.8 Å². The first-order valence-electron chi connectivity index (χ1n) is 7.55. The number of benzene rings is 2. The summed E-state index contributed by atoms with van der Waals surface area (Å²) in [6, 6.07) is 17.0. The molecule has 0 aromatic heterocycles. The fourth-order valence-corrected chi connectivity index (χ4v) is 3.74. The summed E-state index contributed by atoms with van der Waals surface area (Å²) < 4.78 is 6.12. The summed E-state index contributed by atoms with van der Waals surface area (Å²) in [4.78, 5) is 0. The van der Waals surface area contributed by atoms with Gasteiger partial charge in [0.05, 0.1) is 12.1 Å². The zero-order chi connectivity index (χ0) is 14.2. The average Bonchev–Trinajstić information content (AvgIpc) is 2.55. The summed E-state index contributed by atoms with van der Waals surface area (Å²) in [5.74, 6) is 0.481. The number of nitrogens with one attached hydrogen (secondary N) is 1. The van der Waals surface area contributed by atoms with E-state index in [4.69, 9.17) is 16.3 Å². The SMILES string of the molecule is Clc1ccc([C@@H]2Nc3ccccc3[C@H]3OCCC[C@@H]32)cc1. The van der Waals surface area contributed by atoms with Gasteiger partial charge in [-0.05, 0) is 36.6 Å². The molecule has 0 spiro atoms. The van der Waals surface area contributed by atoms with E-state index < -0.39 is 0 Å². The van der Waals surface area contributed by atoms with Gasteiger partial charge in [0.25, 0.3) is 0 Å². The van der Waals surface area contributed by atoms with Crippen LogP contribution in [0.25, 0.3) is 0 Å². The molecular weight excluding hydrogens is 282 g/mol.